The highest BCUT2D eigenvalue weighted by molar-refractivity contribution is 5.93. The van der Waals surface area contributed by atoms with Gasteiger partial charge in [0.1, 0.15) is 0 Å². The first-order valence-electron chi connectivity index (χ1n) is 17.7. The average molecular weight is 695 g/mol. The van der Waals surface area contributed by atoms with Gasteiger partial charge in [0.15, 0.2) is 6.29 Å². The molecule has 0 aromatic heterocycles. The smallest absolute Gasteiger partial charge is 0.224 e. The number of benzene rings is 4. The molecule has 4 aromatic carbocycles. The Morgan fingerprint density at radius 3 is 2.24 bits per heavy atom. The molecule has 5 atom stereocenters. The zero-order valence-corrected chi connectivity index (χ0v) is 29.4. The van der Waals surface area contributed by atoms with Crippen LogP contribution in [0.15, 0.2) is 103 Å². The molecule has 1 aliphatic heterocycles. The molecular formula is C41H50N4O6. The van der Waals surface area contributed by atoms with Crippen molar-refractivity contribution in [3.05, 3.63) is 125 Å². The number of carbonyl (C=O) groups is 2. The second kappa shape index (κ2) is 18.6. The van der Waals surface area contributed by atoms with Gasteiger partial charge in [-0.25, -0.2) is 0 Å². The van der Waals surface area contributed by atoms with Gasteiger partial charge in [0.25, 0.3) is 0 Å². The Hall–Kier alpha value is -4.58. The number of anilines is 3. The maximum Gasteiger partial charge on any atom is 0.224 e. The first-order chi connectivity index (χ1) is 24.7. The monoisotopic (exact) mass is 694 g/mol. The predicted molar refractivity (Wildman–Crippen MR) is 200 cm³/mol. The molecule has 1 aliphatic rings. The summed E-state index contributed by atoms with van der Waals surface area (Å²) in [5, 5.41) is 26.5. The van der Waals surface area contributed by atoms with Crippen LogP contribution >= 0.6 is 0 Å². The van der Waals surface area contributed by atoms with Gasteiger partial charge < -0.3 is 36.1 Å². The lowest BCUT2D eigenvalue weighted by Gasteiger charge is -2.39. The maximum absolute atomic E-state index is 12.8. The number of hydrogen-bond acceptors (Lipinski definition) is 8. The number of nitrogens with zero attached hydrogens (tertiary/aromatic N) is 1. The van der Waals surface area contributed by atoms with Crippen molar-refractivity contribution >= 4 is 28.9 Å². The van der Waals surface area contributed by atoms with E-state index in [4.69, 9.17) is 15.2 Å². The highest BCUT2D eigenvalue weighted by Gasteiger charge is 2.34. The Morgan fingerprint density at radius 1 is 0.843 bits per heavy atom. The van der Waals surface area contributed by atoms with E-state index in [1.54, 1.807) is 12.1 Å². The van der Waals surface area contributed by atoms with Crippen molar-refractivity contribution < 1.29 is 29.3 Å². The molecule has 0 saturated carbocycles. The van der Waals surface area contributed by atoms with Crippen LogP contribution in [-0.4, -0.2) is 52.7 Å². The average Bonchev–Trinajstić information content (AvgIpc) is 3.15. The summed E-state index contributed by atoms with van der Waals surface area (Å²) in [4.78, 5) is 27.2. The topological polar surface area (TPSA) is 146 Å². The first-order valence-corrected chi connectivity index (χ1v) is 17.7. The van der Waals surface area contributed by atoms with Crippen LogP contribution < -0.4 is 16.4 Å². The number of carbonyl (C=O) groups excluding carboxylic acids is 2. The molecule has 0 spiro atoms. The highest BCUT2D eigenvalue weighted by atomic mass is 16.7. The number of amides is 2. The van der Waals surface area contributed by atoms with Gasteiger partial charge in [0.2, 0.25) is 11.8 Å². The summed E-state index contributed by atoms with van der Waals surface area (Å²) in [6.07, 6.45) is 1.53. The number of para-hydroxylation sites is 2. The fraction of sp³-hybridized carbons (Fsp3) is 0.366. The molecule has 0 aliphatic carbocycles. The third-order valence-corrected chi connectivity index (χ3v) is 9.38. The van der Waals surface area contributed by atoms with E-state index in [0.717, 1.165) is 28.7 Å². The molecule has 10 heteroatoms. The minimum absolute atomic E-state index is 0.0348. The van der Waals surface area contributed by atoms with E-state index in [2.05, 4.69) is 15.5 Å². The van der Waals surface area contributed by atoms with Crippen molar-refractivity contribution in [2.24, 2.45) is 0 Å². The molecule has 1 fully saturated rings. The van der Waals surface area contributed by atoms with Crippen molar-refractivity contribution in [1.29, 1.82) is 0 Å². The van der Waals surface area contributed by atoms with Gasteiger partial charge in [-0.3, -0.25) is 14.5 Å². The minimum atomic E-state index is -0.691. The van der Waals surface area contributed by atoms with Gasteiger partial charge in [0, 0.05) is 43.1 Å². The van der Waals surface area contributed by atoms with E-state index >= 15 is 0 Å². The third-order valence-electron chi connectivity index (χ3n) is 9.38. The van der Waals surface area contributed by atoms with Gasteiger partial charge in [-0.1, -0.05) is 85.3 Å². The largest absolute Gasteiger partial charge is 0.397 e. The number of hydrogen-bond donors (Lipinski definition) is 5. The molecule has 5 rings (SSSR count). The van der Waals surface area contributed by atoms with Crippen molar-refractivity contribution in [1.82, 2.24) is 4.90 Å². The van der Waals surface area contributed by atoms with Crippen LogP contribution in [0, 0.1) is 0 Å². The van der Waals surface area contributed by atoms with Gasteiger partial charge in [-0.2, -0.15) is 0 Å². The van der Waals surface area contributed by atoms with E-state index in [9.17, 15) is 19.8 Å². The van der Waals surface area contributed by atoms with Gasteiger partial charge >= 0.3 is 0 Å². The summed E-state index contributed by atoms with van der Waals surface area (Å²) < 4.78 is 13.1. The lowest BCUT2D eigenvalue weighted by molar-refractivity contribution is -0.253. The molecule has 2 amide bonds. The van der Waals surface area contributed by atoms with Crippen LogP contribution in [0.25, 0.3) is 0 Å². The molecule has 270 valence electrons. The number of nitrogens with one attached hydrogen (secondary N) is 2. The number of rotatable bonds is 16. The van der Waals surface area contributed by atoms with Crippen molar-refractivity contribution in [3.63, 3.8) is 0 Å². The standard InChI is InChI=1S/C41H50N4O6/c1-28(40(49)31-12-5-3-6-13-31)45(2)26-34-25-37(30-22-20-29(27-46)21-23-30)51-41(50-34)32-14-11-15-33(24-32)43-38(47)18-7-4-8-19-39(48)44-36-17-10-9-16-35(36)42/h3,5-6,9-17,20-24,28,34,37,40-41,46,49H,4,7-8,18-19,25-27,42H2,1-2H3,(H,43,47)(H,44,48)/t28-,34+,37-,40-,41-/m0/s1. The molecule has 1 saturated heterocycles. The van der Waals surface area contributed by atoms with Crippen LogP contribution in [0.1, 0.15) is 86.2 Å². The Bertz CT molecular complexity index is 1700. The molecule has 0 bridgehead atoms. The van der Waals surface area contributed by atoms with Crippen molar-refractivity contribution in [3.8, 4) is 0 Å². The maximum atomic E-state index is 12.8. The molecule has 6 N–H and O–H groups in total. The summed E-state index contributed by atoms with van der Waals surface area (Å²) in [5.41, 5.74) is 11.1. The summed E-state index contributed by atoms with van der Waals surface area (Å²) in [6.45, 7) is 2.53. The van der Waals surface area contributed by atoms with Gasteiger partial charge in [-0.15, -0.1) is 0 Å². The van der Waals surface area contributed by atoms with E-state index < -0.39 is 12.4 Å². The Kier molecular flexibility index (Phi) is 13.7. The van der Waals surface area contributed by atoms with Crippen LogP contribution in [-0.2, 0) is 25.7 Å². The van der Waals surface area contributed by atoms with Crippen molar-refractivity contribution in [2.45, 2.75) is 82.7 Å². The quantitative estimate of drug-likeness (QED) is 0.0630. The number of nitrogens with two attached hydrogens (primary N) is 1. The number of aliphatic hydroxyl groups excluding tert-OH is 2. The van der Waals surface area contributed by atoms with Crippen molar-refractivity contribution in [2.75, 3.05) is 30.0 Å². The van der Waals surface area contributed by atoms with Crippen LogP contribution in [0.4, 0.5) is 17.1 Å². The molecule has 1 heterocycles. The zero-order chi connectivity index (χ0) is 36.2. The molecule has 51 heavy (non-hydrogen) atoms. The second-order valence-electron chi connectivity index (χ2n) is 13.3. The normalized spacial score (nSPS) is 18.6. The molecule has 0 radical (unpaired) electrons. The Balaban J connectivity index is 1.17. The van der Waals surface area contributed by atoms with Gasteiger partial charge in [-0.05, 0) is 67.8 Å². The summed E-state index contributed by atoms with van der Waals surface area (Å²) >= 11 is 0. The lowest BCUT2D eigenvalue weighted by Crippen LogP contribution is -2.43. The molecule has 4 aromatic rings. The van der Waals surface area contributed by atoms with E-state index in [1.165, 1.54) is 0 Å². The second-order valence-corrected chi connectivity index (χ2v) is 13.3. The summed E-state index contributed by atoms with van der Waals surface area (Å²) in [7, 11) is 1.99. The van der Waals surface area contributed by atoms with Crippen LogP contribution in [0.5, 0.6) is 0 Å². The minimum Gasteiger partial charge on any atom is -0.397 e. The lowest BCUT2D eigenvalue weighted by atomic mass is 9.98. The zero-order valence-electron chi connectivity index (χ0n) is 29.4. The Labute approximate surface area is 300 Å². The predicted octanol–water partition coefficient (Wildman–Crippen LogP) is 6.89. The highest BCUT2D eigenvalue weighted by Crippen LogP contribution is 2.39. The molecule has 10 nitrogen and oxygen atoms in total. The van der Waals surface area contributed by atoms with Crippen LogP contribution in [0.2, 0.25) is 0 Å². The number of likely N-dealkylation sites (N-methyl/N-ethyl adjacent to an activating group) is 1. The fourth-order valence-corrected chi connectivity index (χ4v) is 6.25. The number of aliphatic hydroxyl groups is 2. The summed E-state index contributed by atoms with van der Waals surface area (Å²) in [6, 6.07) is 31.9. The number of nitrogen functional groups attached to an aromatic ring is 1. The Morgan fingerprint density at radius 2 is 1.53 bits per heavy atom. The van der Waals surface area contributed by atoms with Gasteiger partial charge in [0.05, 0.1) is 36.3 Å². The number of unbranched alkanes of at least 4 members (excludes halogenated alkanes) is 2. The molecular weight excluding hydrogens is 644 g/mol. The third kappa shape index (κ3) is 11.0. The molecule has 0 unspecified atom stereocenters. The number of ether oxygens (including phenoxy) is 2. The van der Waals surface area contributed by atoms with E-state index in [1.807, 2.05) is 105 Å². The van der Waals surface area contributed by atoms with Crippen LogP contribution in [0.3, 0.4) is 0 Å². The fourth-order valence-electron chi connectivity index (χ4n) is 6.25. The SMILES string of the molecule is C[C@@H]([C@H](O)c1ccccc1)N(C)C[C@H]1C[C@@H](c2ccc(CO)cc2)O[C@@H](c2cccc(NC(=O)CCCCCC(=O)Nc3ccccc3N)c2)O1. The first kappa shape index (κ1) is 37.7. The van der Waals surface area contributed by atoms with E-state index in [-0.39, 0.29) is 36.7 Å². The van der Waals surface area contributed by atoms with E-state index in [0.29, 0.717) is 55.7 Å². The summed E-state index contributed by atoms with van der Waals surface area (Å²) in [5.74, 6) is -0.203.